The second-order valence-electron chi connectivity index (χ2n) is 4.85. The van der Waals surface area contributed by atoms with Gasteiger partial charge in [0, 0.05) is 11.7 Å². The van der Waals surface area contributed by atoms with Gasteiger partial charge in [0.05, 0.1) is 0 Å². The number of hydrogen-bond acceptors (Lipinski definition) is 2. The minimum atomic E-state index is -0.224. The number of carbonyl (C=O) groups excluding carboxylic acids is 1. The third-order valence-electron chi connectivity index (χ3n) is 2.59. The molecule has 17 heavy (non-hydrogen) atoms. The maximum absolute atomic E-state index is 11.8. The van der Waals surface area contributed by atoms with Crippen LogP contribution in [0.3, 0.4) is 0 Å². The topological polar surface area (TPSA) is 41.1 Å². The van der Waals surface area contributed by atoms with Crippen molar-refractivity contribution in [2.24, 2.45) is 0 Å². The number of carbonyl (C=O) groups is 1. The molecule has 0 saturated carbocycles. The van der Waals surface area contributed by atoms with Crippen LogP contribution in [-0.2, 0) is 4.79 Å². The number of hydrogen-bond donors (Lipinski definition) is 2. The van der Waals surface area contributed by atoms with Crippen molar-refractivity contribution in [1.29, 1.82) is 0 Å². The normalized spacial score (nSPS) is 12.4. The van der Waals surface area contributed by atoms with Crippen LogP contribution >= 0.6 is 0 Å². The molecule has 0 radical (unpaired) electrons. The van der Waals surface area contributed by atoms with Crippen molar-refractivity contribution in [3.05, 3.63) is 29.3 Å². The summed E-state index contributed by atoms with van der Waals surface area (Å²) in [7, 11) is 0. The van der Waals surface area contributed by atoms with E-state index in [4.69, 9.17) is 0 Å². The van der Waals surface area contributed by atoms with Gasteiger partial charge in [-0.25, -0.2) is 0 Å². The van der Waals surface area contributed by atoms with Gasteiger partial charge in [-0.15, -0.1) is 0 Å². The van der Waals surface area contributed by atoms with E-state index in [1.165, 1.54) is 5.56 Å². The average Bonchev–Trinajstić information content (AvgIpc) is 2.22. The van der Waals surface area contributed by atoms with Crippen molar-refractivity contribution in [1.82, 2.24) is 5.32 Å². The fraction of sp³-hybridized carbons (Fsp3) is 0.500. The lowest BCUT2D eigenvalue weighted by atomic mass is 10.1. The lowest BCUT2D eigenvalue weighted by molar-refractivity contribution is -0.122. The summed E-state index contributed by atoms with van der Waals surface area (Å²) in [6.45, 7) is 9.88. The standard InChI is InChI=1S/C14H22N2O/c1-9(2)15-14(17)12(5)16-13-8-10(3)6-7-11(13)4/h6-9,12,16H,1-5H3,(H,15,17). The Morgan fingerprint density at radius 1 is 1.18 bits per heavy atom. The van der Waals surface area contributed by atoms with E-state index in [1.807, 2.05) is 34.6 Å². The summed E-state index contributed by atoms with van der Waals surface area (Å²) in [6, 6.07) is 6.14. The Balaban J connectivity index is 2.70. The number of benzene rings is 1. The smallest absolute Gasteiger partial charge is 0.242 e. The van der Waals surface area contributed by atoms with Crippen LogP contribution in [0.15, 0.2) is 18.2 Å². The maximum Gasteiger partial charge on any atom is 0.242 e. The summed E-state index contributed by atoms with van der Waals surface area (Å²) in [5, 5.41) is 6.14. The second-order valence-corrected chi connectivity index (χ2v) is 4.85. The van der Waals surface area contributed by atoms with Gasteiger partial charge in [0.2, 0.25) is 5.91 Å². The van der Waals surface area contributed by atoms with E-state index in [2.05, 4.69) is 28.8 Å². The molecule has 1 atom stereocenters. The SMILES string of the molecule is Cc1ccc(C)c(NC(C)C(=O)NC(C)C)c1. The van der Waals surface area contributed by atoms with Crippen LogP contribution < -0.4 is 10.6 Å². The molecule has 0 fully saturated rings. The molecule has 0 aliphatic heterocycles. The minimum absolute atomic E-state index is 0.0286. The first kappa shape index (κ1) is 13.6. The zero-order valence-corrected chi connectivity index (χ0v) is 11.3. The Hall–Kier alpha value is -1.51. The summed E-state index contributed by atoms with van der Waals surface area (Å²) in [5.41, 5.74) is 3.37. The highest BCUT2D eigenvalue weighted by Crippen LogP contribution is 2.17. The summed E-state index contributed by atoms with van der Waals surface area (Å²) in [4.78, 5) is 11.8. The first-order valence-corrected chi connectivity index (χ1v) is 6.04. The fourth-order valence-electron chi connectivity index (χ4n) is 1.60. The predicted molar refractivity (Wildman–Crippen MR) is 72.3 cm³/mol. The van der Waals surface area contributed by atoms with E-state index in [-0.39, 0.29) is 18.0 Å². The molecule has 0 aromatic heterocycles. The summed E-state index contributed by atoms with van der Waals surface area (Å²) in [5.74, 6) is 0.0286. The largest absolute Gasteiger partial charge is 0.374 e. The number of rotatable bonds is 4. The molecule has 0 heterocycles. The van der Waals surface area contributed by atoms with Crippen LogP contribution in [0.1, 0.15) is 31.9 Å². The lowest BCUT2D eigenvalue weighted by Crippen LogP contribution is -2.41. The summed E-state index contributed by atoms with van der Waals surface area (Å²) in [6.07, 6.45) is 0. The van der Waals surface area contributed by atoms with Crippen LogP contribution in [0.2, 0.25) is 0 Å². The van der Waals surface area contributed by atoms with Gasteiger partial charge in [0.25, 0.3) is 0 Å². The molecule has 1 aromatic carbocycles. The summed E-state index contributed by atoms with van der Waals surface area (Å²) < 4.78 is 0. The Morgan fingerprint density at radius 2 is 1.82 bits per heavy atom. The van der Waals surface area contributed by atoms with Gasteiger partial charge in [-0.1, -0.05) is 12.1 Å². The van der Waals surface area contributed by atoms with Crippen molar-refractivity contribution in [3.63, 3.8) is 0 Å². The van der Waals surface area contributed by atoms with Crippen molar-refractivity contribution >= 4 is 11.6 Å². The Labute approximate surface area is 104 Å². The fourth-order valence-corrected chi connectivity index (χ4v) is 1.60. The molecule has 1 rings (SSSR count). The van der Waals surface area contributed by atoms with Gasteiger partial charge in [-0.05, 0) is 51.8 Å². The molecule has 1 aromatic rings. The Bertz CT molecular complexity index is 399. The van der Waals surface area contributed by atoms with Crippen LogP contribution in [0.5, 0.6) is 0 Å². The quantitative estimate of drug-likeness (QED) is 0.841. The molecule has 1 unspecified atom stereocenters. The van der Waals surface area contributed by atoms with E-state index >= 15 is 0 Å². The van der Waals surface area contributed by atoms with E-state index in [0.29, 0.717) is 0 Å². The van der Waals surface area contributed by atoms with E-state index in [1.54, 1.807) is 0 Å². The van der Waals surface area contributed by atoms with Gasteiger partial charge in [-0.3, -0.25) is 4.79 Å². The molecular formula is C14H22N2O. The van der Waals surface area contributed by atoms with Crippen LogP contribution in [0.25, 0.3) is 0 Å². The van der Waals surface area contributed by atoms with Gasteiger partial charge < -0.3 is 10.6 Å². The maximum atomic E-state index is 11.8. The highest BCUT2D eigenvalue weighted by molar-refractivity contribution is 5.84. The molecule has 0 saturated heterocycles. The van der Waals surface area contributed by atoms with Gasteiger partial charge in [0.15, 0.2) is 0 Å². The molecular weight excluding hydrogens is 212 g/mol. The Kier molecular flexibility index (Phi) is 4.55. The van der Waals surface area contributed by atoms with Crippen molar-refractivity contribution < 1.29 is 4.79 Å². The molecule has 0 aliphatic rings. The molecule has 94 valence electrons. The highest BCUT2D eigenvalue weighted by Gasteiger charge is 2.13. The number of nitrogens with one attached hydrogen (secondary N) is 2. The monoisotopic (exact) mass is 234 g/mol. The van der Waals surface area contributed by atoms with Crippen LogP contribution in [-0.4, -0.2) is 18.0 Å². The number of amides is 1. The van der Waals surface area contributed by atoms with Crippen LogP contribution in [0, 0.1) is 13.8 Å². The molecule has 0 bridgehead atoms. The molecule has 2 N–H and O–H groups in total. The Morgan fingerprint density at radius 3 is 2.41 bits per heavy atom. The molecule has 3 nitrogen and oxygen atoms in total. The van der Waals surface area contributed by atoms with Gasteiger partial charge >= 0.3 is 0 Å². The summed E-state index contributed by atoms with van der Waals surface area (Å²) >= 11 is 0. The molecule has 0 spiro atoms. The average molecular weight is 234 g/mol. The number of anilines is 1. The van der Waals surface area contributed by atoms with Crippen molar-refractivity contribution in [3.8, 4) is 0 Å². The van der Waals surface area contributed by atoms with Crippen LogP contribution in [0.4, 0.5) is 5.69 Å². The van der Waals surface area contributed by atoms with Crippen molar-refractivity contribution in [2.75, 3.05) is 5.32 Å². The zero-order chi connectivity index (χ0) is 13.0. The first-order chi connectivity index (χ1) is 7.90. The third kappa shape index (κ3) is 4.10. The van der Waals surface area contributed by atoms with E-state index in [0.717, 1.165) is 11.3 Å². The lowest BCUT2D eigenvalue weighted by Gasteiger charge is -2.18. The zero-order valence-electron chi connectivity index (χ0n) is 11.3. The minimum Gasteiger partial charge on any atom is -0.374 e. The molecule has 3 heteroatoms. The highest BCUT2D eigenvalue weighted by atomic mass is 16.2. The van der Waals surface area contributed by atoms with Gasteiger partial charge in [0.1, 0.15) is 6.04 Å². The third-order valence-corrected chi connectivity index (χ3v) is 2.59. The molecule has 0 aliphatic carbocycles. The van der Waals surface area contributed by atoms with E-state index in [9.17, 15) is 4.79 Å². The predicted octanol–water partition coefficient (Wildman–Crippen LogP) is 2.63. The first-order valence-electron chi connectivity index (χ1n) is 6.04. The number of aryl methyl sites for hydroxylation is 2. The van der Waals surface area contributed by atoms with Gasteiger partial charge in [-0.2, -0.15) is 0 Å². The second kappa shape index (κ2) is 5.71. The van der Waals surface area contributed by atoms with E-state index < -0.39 is 0 Å². The van der Waals surface area contributed by atoms with Crippen molar-refractivity contribution in [2.45, 2.75) is 46.7 Å². The molecule has 1 amide bonds.